The van der Waals surface area contributed by atoms with Crippen LogP contribution in [0.5, 0.6) is 0 Å². The van der Waals surface area contributed by atoms with Crippen molar-refractivity contribution in [1.29, 1.82) is 0 Å². The molecule has 0 heterocycles. The van der Waals surface area contributed by atoms with Crippen LogP contribution in [0, 0.1) is 23.2 Å². The van der Waals surface area contributed by atoms with Crippen LogP contribution in [-0.4, -0.2) is 18.8 Å². The zero-order valence-corrected chi connectivity index (χ0v) is 10.1. The minimum atomic E-state index is -4.86. The highest BCUT2D eigenvalue weighted by molar-refractivity contribution is 5.75. The Labute approximate surface area is 104 Å². The lowest BCUT2D eigenvalue weighted by atomic mass is 9.50. The number of hydrogen-bond donors (Lipinski definition) is 0. The third kappa shape index (κ3) is 2.12. The number of hydrogen-bond acceptors (Lipinski definition) is 2. The summed E-state index contributed by atoms with van der Waals surface area (Å²) in [7, 11) is 0. The van der Waals surface area contributed by atoms with Crippen LogP contribution < -0.4 is 0 Å². The molecule has 4 bridgehead atoms. The number of carbonyl (C=O) groups is 1. The minimum absolute atomic E-state index is 0.0329. The number of alkyl halides is 3. The van der Waals surface area contributed by atoms with E-state index in [-0.39, 0.29) is 12.0 Å². The molecule has 4 rings (SSSR count). The number of halogens is 3. The Kier molecular flexibility index (Phi) is 2.65. The average molecular weight is 262 g/mol. The molecule has 4 fully saturated rings. The highest BCUT2D eigenvalue weighted by Crippen LogP contribution is 2.60. The summed E-state index contributed by atoms with van der Waals surface area (Å²) >= 11 is 0. The van der Waals surface area contributed by atoms with Gasteiger partial charge >= 0.3 is 12.1 Å². The molecule has 0 amide bonds. The van der Waals surface area contributed by atoms with Gasteiger partial charge in [-0.05, 0) is 56.3 Å². The van der Waals surface area contributed by atoms with E-state index < -0.39 is 12.1 Å². The molecule has 102 valence electrons. The van der Waals surface area contributed by atoms with Crippen molar-refractivity contribution in [2.24, 2.45) is 23.2 Å². The lowest BCUT2D eigenvalue weighted by Gasteiger charge is -2.56. The number of carbonyl (C=O) groups excluding carboxylic acids is 1. The van der Waals surface area contributed by atoms with Gasteiger partial charge in [0.2, 0.25) is 0 Å². The second-order valence-corrected chi connectivity index (χ2v) is 6.49. The minimum Gasteiger partial charge on any atom is -0.458 e. The summed E-state index contributed by atoms with van der Waals surface area (Å²) in [5, 5.41) is 0. The maximum Gasteiger partial charge on any atom is 0.490 e. The van der Waals surface area contributed by atoms with E-state index in [0.29, 0.717) is 17.8 Å². The predicted octanol–water partition coefficient (Wildman–Crippen LogP) is 3.31. The van der Waals surface area contributed by atoms with Crippen LogP contribution in [0.1, 0.15) is 38.5 Å². The molecule has 4 saturated carbocycles. The van der Waals surface area contributed by atoms with Crippen LogP contribution in [0.2, 0.25) is 0 Å². The molecule has 4 aliphatic carbocycles. The van der Waals surface area contributed by atoms with Gasteiger partial charge in [0.15, 0.2) is 0 Å². The summed E-state index contributed by atoms with van der Waals surface area (Å²) in [5.74, 6) is -0.0687. The molecule has 4 aliphatic rings. The first-order valence-corrected chi connectivity index (χ1v) is 6.60. The summed E-state index contributed by atoms with van der Waals surface area (Å²) in [4.78, 5) is 10.8. The Morgan fingerprint density at radius 1 is 1.06 bits per heavy atom. The first kappa shape index (κ1) is 12.3. The molecule has 0 spiro atoms. The van der Waals surface area contributed by atoms with E-state index in [1.54, 1.807) is 0 Å². The maximum atomic E-state index is 12.1. The van der Waals surface area contributed by atoms with Crippen molar-refractivity contribution >= 4 is 5.97 Å². The Hall–Kier alpha value is -0.740. The van der Waals surface area contributed by atoms with Crippen molar-refractivity contribution in [2.75, 3.05) is 6.61 Å². The van der Waals surface area contributed by atoms with Gasteiger partial charge in [0.1, 0.15) is 0 Å². The standard InChI is InChI=1S/C13H17F3O2/c14-13(15,16)11(17)18-7-12-4-8-1-9(5-12)3-10(2-8)6-12/h8-10H,1-7H2. The van der Waals surface area contributed by atoms with E-state index >= 15 is 0 Å². The summed E-state index contributed by atoms with van der Waals surface area (Å²) < 4.78 is 40.9. The van der Waals surface area contributed by atoms with Gasteiger partial charge in [-0.1, -0.05) is 0 Å². The van der Waals surface area contributed by atoms with Crippen molar-refractivity contribution in [1.82, 2.24) is 0 Å². The second-order valence-electron chi connectivity index (χ2n) is 6.49. The van der Waals surface area contributed by atoms with E-state index in [9.17, 15) is 18.0 Å². The highest BCUT2D eigenvalue weighted by atomic mass is 19.4. The summed E-state index contributed by atoms with van der Waals surface area (Å²) in [6.07, 6.45) is 1.67. The van der Waals surface area contributed by atoms with Gasteiger partial charge in [0, 0.05) is 5.41 Å². The third-order valence-corrected chi connectivity index (χ3v) is 4.91. The lowest BCUT2D eigenvalue weighted by molar-refractivity contribution is -0.206. The van der Waals surface area contributed by atoms with Crippen molar-refractivity contribution in [3.63, 3.8) is 0 Å². The fourth-order valence-corrected chi connectivity index (χ4v) is 4.77. The molecule has 2 nitrogen and oxygen atoms in total. The van der Waals surface area contributed by atoms with Gasteiger partial charge in [0.05, 0.1) is 6.61 Å². The summed E-state index contributed by atoms with van der Waals surface area (Å²) in [6, 6.07) is 0. The molecular weight excluding hydrogens is 245 g/mol. The van der Waals surface area contributed by atoms with Gasteiger partial charge in [0.25, 0.3) is 0 Å². The fourth-order valence-electron chi connectivity index (χ4n) is 4.77. The number of rotatable bonds is 2. The molecule has 0 atom stereocenters. The second kappa shape index (κ2) is 3.87. The highest BCUT2D eigenvalue weighted by Gasteiger charge is 2.52. The van der Waals surface area contributed by atoms with E-state index in [1.165, 1.54) is 19.3 Å². The predicted molar refractivity (Wildman–Crippen MR) is 57.6 cm³/mol. The first-order valence-electron chi connectivity index (χ1n) is 6.60. The lowest BCUT2D eigenvalue weighted by Crippen LogP contribution is -2.48. The quantitative estimate of drug-likeness (QED) is 0.714. The molecule has 0 N–H and O–H groups in total. The van der Waals surface area contributed by atoms with Gasteiger partial charge in [-0.25, -0.2) is 4.79 Å². The van der Waals surface area contributed by atoms with Gasteiger partial charge in [-0.2, -0.15) is 13.2 Å². The molecule has 0 unspecified atom stereocenters. The van der Waals surface area contributed by atoms with Crippen LogP contribution in [0.15, 0.2) is 0 Å². The number of esters is 1. The average Bonchev–Trinajstić information content (AvgIpc) is 2.22. The van der Waals surface area contributed by atoms with Crippen LogP contribution in [0.25, 0.3) is 0 Å². The Morgan fingerprint density at radius 3 is 1.89 bits per heavy atom. The smallest absolute Gasteiger partial charge is 0.458 e. The van der Waals surface area contributed by atoms with E-state index in [1.807, 2.05) is 0 Å². The Morgan fingerprint density at radius 2 is 1.50 bits per heavy atom. The van der Waals surface area contributed by atoms with Crippen LogP contribution in [-0.2, 0) is 9.53 Å². The summed E-state index contributed by atoms with van der Waals surface area (Å²) in [6.45, 7) is -0.0329. The third-order valence-electron chi connectivity index (χ3n) is 4.91. The molecule has 0 radical (unpaired) electrons. The molecule has 18 heavy (non-hydrogen) atoms. The largest absolute Gasteiger partial charge is 0.490 e. The SMILES string of the molecule is O=C(OCC12CC3CC(CC(C3)C1)C2)C(F)(F)F. The molecule has 5 heteroatoms. The zero-order chi connectivity index (χ0) is 13.0. The van der Waals surface area contributed by atoms with Crippen LogP contribution >= 0.6 is 0 Å². The summed E-state index contributed by atoms with van der Waals surface area (Å²) in [5.41, 5.74) is -0.143. The van der Waals surface area contributed by atoms with Crippen molar-refractivity contribution in [2.45, 2.75) is 44.7 Å². The van der Waals surface area contributed by atoms with Crippen LogP contribution in [0.4, 0.5) is 13.2 Å². The monoisotopic (exact) mass is 262 g/mol. The van der Waals surface area contributed by atoms with Crippen molar-refractivity contribution in [3.8, 4) is 0 Å². The number of ether oxygens (including phenoxy) is 1. The van der Waals surface area contributed by atoms with Crippen molar-refractivity contribution in [3.05, 3.63) is 0 Å². The van der Waals surface area contributed by atoms with Gasteiger partial charge in [-0.3, -0.25) is 0 Å². The Balaban J connectivity index is 1.64. The van der Waals surface area contributed by atoms with E-state index in [2.05, 4.69) is 4.74 Å². The molecule has 0 saturated heterocycles. The molecule has 0 aromatic rings. The Bertz CT molecular complexity index is 326. The zero-order valence-electron chi connectivity index (χ0n) is 10.1. The molecule has 0 aliphatic heterocycles. The van der Waals surface area contributed by atoms with Gasteiger partial charge in [-0.15, -0.1) is 0 Å². The maximum absolute atomic E-state index is 12.1. The normalized spacial score (nSPS) is 42.1. The fraction of sp³-hybridized carbons (Fsp3) is 0.923. The van der Waals surface area contributed by atoms with Gasteiger partial charge < -0.3 is 4.74 Å². The topological polar surface area (TPSA) is 26.3 Å². The van der Waals surface area contributed by atoms with Crippen molar-refractivity contribution < 1.29 is 22.7 Å². The molecule has 0 aromatic carbocycles. The van der Waals surface area contributed by atoms with E-state index in [4.69, 9.17) is 0 Å². The molecular formula is C13H17F3O2. The molecule has 0 aromatic heterocycles. The van der Waals surface area contributed by atoms with Crippen LogP contribution in [0.3, 0.4) is 0 Å². The van der Waals surface area contributed by atoms with E-state index in [0.717, 1.165) is 19.3 Å². The first-order chi connectivity index (χ1) is 8.36.